The van der Waals surface area contributed by atoms with Crippen molar-refractivity contribution in [2.24, 2.45) is 0 Å². The highest BCUT2D eigenvalue weighted by atomic mass is 19.1. The van der Waals surface area contributed by atoms with E-state index in [2.05, 4.69) is 10.3 Å². The molecular weight excluding hydrogens is 215 g/mol. The van der Waals surface area contributed by atoms with Gasteiger partial charge in [-0.05, 0) is 49.4 Å². The maximum atomic E-state index is 13.2. The number of benzene rings is 1. The summed E-state index contributed by atoms with van der Waals surface area (Å²) in [6.45, 7) is 1.95. The van der Waals surface area contributed by atoms with Gasteiger partial charge >= 0.3 is 0 Å². The molecule has 2 aromatic rings. The first kappa shape index (κ1) is 11.7. The maximum Gasteiger partial charge on any atom is 0.123 e. The maximum absolute atomic E-state index is 13.2. The minimum atomic E-state index is -0.214. The molecule has 3 heteroatoms. The zero-order valence-electron chi connectivity index (χ0n) is 9.94. The smallest absolute Gasteiger partial charge is 0.123 e. The lowest BCUT2D eigenvalue weighted by Crippen LogP contribution is -2.18. The lowest BCUT2D eigenvalue weighted by molar-refractivity contribution is 0.616. The molecule has 0 saturated carbocycles. The fourth-order valence-electron chi connectivity index (χ4n) is 1.96. The average molecular weight is 230 g/mol. The molecule has 1 N–H and O–H groups in total. The molecule has 0 saturated heterocycles. The third kappa shape index (κ3) is 2.68. The lowest BCUT2D eigenvalue weighted by atomic mass is 9.99. The van der Waals surface area contributed by atoms with Crippen molar-refractivity contribution in [2.75, 3.05) is 7.05 Å². The van der Waals surface area contributed by atoms with Crippen molar-refractivity contribution in [2.45, 2.75) is 13.0 Å². The Morgan fingerprint density at radius 1 is 1.18 bits per heavy atom. The molecule has 0 amide bonds. The van der Waals surface area contributed by atoms with E-state index >= 15 is 0 Å². The molecule has 2 nitrogen and oxygen atoms in total. The van der Waals surface area contributed by atoms with Crippen LogP contribution in [0.1, 0.15) is 22.9 Å². The van der Waals surface area contributed by atoms with Gasteiger partial charge in [-0.25, -0.2) is 4.39 Å². The minimum Gasteiger partial charge on any atom is -0.309 e. The molecule has 1 aromatic carbocycles. The zero-order chi connectivity index (χ0) is 12.3. The number of nitrogens with zero attached hydrogens (tertiary/aromatic N) is 1. The van der Waals surface area contributed by atoms with Gasteiger partial charge in [0, 0.05) is 11.9 Å². The van der Waals surface area contributed by atoms with Gasteiger partial charge in [0.2, 0.25) is 0 Å². The lowest BCUT2D eigenvalue weighted by Gasteiger charge is -2.17. The minimum absolute atomic E-state index is 0.00704. The number of hydrogen-bond acceptors (Lipinski definition) is 2. The van der Waals surface area contributed by atoms with Gasteiger partial charge in [-0.2, -0.15) is 0 Å². The van der Waals surface area contributed by atoms with Crippen LogP contribution in [0.5, 0.6) is 0 Å². The Balaban J connectivity index is 2.40. The molecule has 2 rings (SSSR count). The van der Waals surface area contributed by atoms with Crippen LogP contribution in [0, 0.1) is 12.7 Å². The number of aromatic nitrogens is 1. The largest absolute Gasteiger partial charge is 0.309 e. The van der Waals surface area contributed by atoms with E-state index < -0.39 is 0 Å². The first-order chi connectivity index (χ1) is 8.20. The van der Waals surface area contributed by atoms with Crippen LogP contribution in [-0.2, 0) is 0 Å². The van der Waals surface area contributed by atoms with Gasteiger partial charge in [-0.15, -0.1) is 0 Å². The second-order valence-electron chi connectivity index (χ2n) is 4.01. The Labute approximate surface area is 101 Å². The first-order valence-corrected chi connectivity index (χ1v) is 5.56. The molecule has 0 aliphatic carbocycles. The van der Waals surface area contributed by atoms with Gasteiger partial charge in [0.15, 0.2) is 0 Å². The molecule has 17 heavy (non-hydrogen) atoms. The Hall–Kier alpha value is -1.74. The van der Waals surface area contributed by atoms with Crippen LogP contribution in [0.2, 0.25) is 0 Å². The van der Waals surface area contributed by atoms with Crippen molar-refractivity contribution < 1.29 is 4.39 Å². The second-order valence-corrected chi connectivity index (χ2v) is 4.01. The van der Waals surface area contributed by atoms with Gasteiger partial charge in [0.1, 0.15) is 5.82 Å². The van der Waals surface area contributed by atoms with Crippen molar-refractivity contribution in [1.29, 1.82) is 0 Å². The summed E-state index contributed by atoms with van der Waals surface area (Å²) >= 11 is 0. The number of pyridine rings is 1. The molecule has 1 unspecified atom stereocenters. The highest BCUT2D eigenvalue weighted by molar-refractivity contribution is 5.32. The summed E-state index contributed by atoms with van der Waals surface area (Å²) in [7, 11) is 1.87. The highest BCUT2D eigenvalue weighted by Gasteiger charge is 2.12. The monoisotopic (exact) mass is 230 g/mol. The summed E-state index contributed by atoms with van der Waals surface area (Å²) < 4.78 is 13.2. The van der Waals surface area contributed by atoms with Crippen molar-refractivity contribution in [3.05, 3.63) is 65.2 Å². The highest BCUT2D eigenvalue weighted by Crippen LogP contribution is 2.22. The van der Waals surface area contributed by atoms with Crippen LogP contribution < -0.4 is 5.32 Å². The third-order valence-corrected chi connectivity index (χ3v) is 2.72. The molecule has 0 aliphatic heterocycles. The quantitative estimate of drug-likeness (QED) is 0.877. The molecule has 88 valence electrons. The van der Waals surface area contributed by atoms with Crippen molar-refractivity contribution in [3.63, 3.8) is 0 Å². The summed E-state index contributed by atoms with van der Waals surface area (Å²) in [6.07, 6.45) is 1.77. The third-order valence-electron chi connectivity index (χ3n) is 2.72. The Morgan fingerprint density at radius 2 is 1.94 bits per heavy atom. The van der Waals surface area contributed by atoms with Gasteiger partial charge in [0.25, 0.3) is 0 Å². The number of aryl methyl sites for hydroxylation is 1. The summed E-state index contributed by atoms with van der Waals surface area (Å²) in [5.74, 6) is -0.214. The van der Waals surface area contributed by atoms with Crippen LogP contribution in [0.4, 0.5) is 4.39 Å². The predicted molar refractivity (Wildman–Crippen MR) is 66.3 cm³/mol. The number of nitrogens with one attached hydrogen (secondary N) is 1. The Bertz CT molecular complexity index is 466. The van der Waals surface area contributed by atoms with E-state index in [4.69, 9.17) is 0 Å². The van der Waals surface area contributed by atoms with E-state index in [1.54, 1.807) is 18.3 Å². The van der Waals surface area contributed by atoms with E-state index in [0.29, 0.717) is 0 Å². The van der Waals surface area contributed by atoms with Crippen LogP contribution in [0.3, 0.4) is 0 Å². The fourth-order valence-corrected chi connectivity index (χ4v) is 1.96. The van der Waals surface area contributed by atoms with E-state index in [1.165, 1.54) is 6.07 Å². The van der Waals surface area contributed by atoms with E-state index in [1.807, 2.05) is 32.2 Å². The molecule has 1 aromatic heterocycles. The first-order valence-electron chi connectivity index (χ1n) is 5.56. The van der Waals surface area contributed by atoms with Gasteiger partial charge < -0.3 is 5.32 Å². The van der Waals surface area contributed by atoms with Crippen LogP contribution in [0.15, 0.2) is 42.6 Å². The van der Waals surface area contributed by atoms with Gasteiger partial charge in [-0.1, -0.05) is 12.1 Å². The van der Waals surface area contributed by atoms with Crippen molar-refractivity contribution in [3.8, 4) is 0 Å². The Kier molecular flexibility index (Phi) is 3.49. The molecule has 0 aliphatic rings. The van der Waals surface area contributed by atoms with E-state index in [9.17, 15) is 4.39 Å². The average Bonchev–Trinajstić information content (AvgIpc) is 2.30. The summed E-state index contributed by atoms with van der Waals surface area (Å²) in [5.41, 5.74) is 2.96. The molecule has 0 spiro atoms. The van der Waals surface area contributed by atoms with Gasteiger partial charge in [-0.3, -0.25) is 4.98 Å². The normalized spacial score (nSPS) is 12.4. The van der Waals surface area contributed by atoms with Crippen molar-refractivity contribution in [1.82, 2.24) is 10.3 Å². The number of halogens is 1. The number of rotatable bonds is 3. The molecule has 1 atom stereocenters. The van der Waals surface area contributed by atoms with Crippen LogP contribution >= 0.6 is 0 Å². The van der Waals surface area contributed by atoms with E-state index in [0.717, 1.165) is 16.8 Å². The predicted octanol–water partition coefficient (Wildman–Crippen LogP) is 2.84. The Morgan fingerprint density at radius 3 is 2.59 bits per heavy atom. The standard InChI is InChI=1S/C14H15FN2/c1-10-8-12(6-7-17-10)14(16-2)11-4-3-5-13(15)9-11/h3-9,14,16H,1-2H3. The van der Waals surface area contributed by atoms with Crippen molar-refractivity contribution >= 4 is 0 Å². The second kappa shape index (κ2) is 5.06. The van der Waals surface area contributed by atoms with Crippen LogP contribution in [0.25, 0.3) is 0 Å². The number of hydrogen-bond donors (Lipinski definition) is 1. The fraction of sp³-hybridized carbons (Fsp3) is 0.214. The van der Waals surface area contributed by atoms with Gasteiger partial charge in [0.05, 0.1) is 6.04 Å². The van der Waals surface area contributed by atoms with Crippen LogP contribution in [-0.4, -0.2) is 12.0 Å². The summed E-state index contributed by atoms with van der Waals surface area (Å²) in [5, 5.41) is 3.19. The zero-order valence-corrected chi connectivity index (χ0v) is 9.94. The molecular formula is C14H15FN2. The molecule has 0 fully saturated rings. The molecule has 0 radical (unpaired) electrons. The SMILES string of the molecule is CNC(c1cccc(F)c1)c1ccnc(C)c1. The van der Waals surface area contributed by atoms with E-state index in [-0.39, 0.29) is 11.9 Å². The summed E-state index contributed by atoms with van der Waals surface area (Å²) in [6, 6.07) is 10.6. The molecule has 0 bridgehead atoms. The summed E-state index contributed by atoms with van der Waals surface area (Å²) in [4.78, 5) is 4.17. The topological polar surface area (TPSA) is 24.9 Å². The molecule has 1 heterocycles.